The molecule has 0 saturated carbocycles. The van der Waals surface area contributed by atoms with Crippen molar-refractivity contribution < 1.29 is 22.8 Å². The summed E-state index contributed by atoms with van der Waals surface area (Å²) in [4.78, 5) is 28.5. The molecule has 158 valence electrons. The zero-order valence-corrected chi connectivity index (χ0v) is 16.7. The molecular formula is C21H26F3N3O2. The quantitative estimate of drug-likeness (QED) is 0.444. The lowest BCUT2D eigenvalue weighted by Crippen LogP contribution is -2.55. The van der Waals surface area contributed by atoms with Gasteiger partial charge in [-0.2, -0.15) is 0 Å². The van der Waals surface area contributed by atoms with Crippen LogP contribution in [0.5, 0.6) is 0 Å². The van der Waals surface area contributed by atoms with E-state index < -0.39 is 29.0 Å². The van der Waals surface area contributed by atoms with Crippen LogP contribution in [0.15, 0.2) is 24.3 Å². The molecule has 1 aromatic carbocycles. The molecule has 0 radical (unpaired) electrons. The fourth-order valence-electron chi connectivity index (χ4n) is 4.38. The van der Waals surface area contributed by atoms with Crippen molar-refractivity contribution in [1.82, 2.24) is 15.1 Å². The Labute approximate surface area is 168 Å². The standard InChI is InChI=1S/C21H26F3N3O2/c1-4-21(19(28)27(11-13(2)3)20(29)25-21)14-7-9-26(10-8-14)12-15-16(22)5-6-17(23)18(15)24/h5-6,14H,2,4,7-12H2,1,3H3,(H,25,29)/t21-/m1/s1. The van der Waals surface area contributed by atoms with Crippen LogP contribution in [0.4, 0.5) is 18.0 Å². The van der Waals surface area contributed by atoms with E-state index in [1.807, 2.05) is 11.8 Å². The van der Waals surface area contributed by atoms with Crippen molar-refractivity contribution in [3.8, 4) is 0 Å². The number of hydrogen-bond donors (Lipinski definition) is 1. The lowest BCUT2D eigenvalue weighted by atomic mass is 9.75. The summed E-state index contributed by atoms with van der Waals surface area (Å²) in [7, 11) is 0. The van der Waals surface area contributed by atoms with Crippen LogP contribution in [0.1, 0.15) is 38.7 Å². The third kappa shape index (κ3) is 3.90. The Bertz CT molecular complexity index is 837. The van der Waals surface area contributed by atoms with E-state index in [0.29, 0.717) is 32.4 Å². The van der Waals surface area contributed by atoms with Gasteiger partial charge in [0.25, 0.3) is 5.91 Å². The highest BCUT2D eigenvalue weighted by Crippen LogP contribution is 2.36. The fourth-order valence-corrected chi connectivity index (χ4v) is 4.38. The lowest BCUT2D eigenvalue weighted by Gasteiger charge is -2.40. The number of nitrogens with zero attached hydrogens (tertiary/aromatic N) is 2. The van der Waals surface area contributed by atoms with Gasteiger partial charge in [-0.15, -0.1) is 0 Å². The Morgan fingerprint density at radius 2 is 1.83 bits per heavy atom. The number of halogens is 3. The molecule has 2 aliphatic rings. The number of likely N-dealkylation sites (tertiary alicyclic amines) is 1. The normalized spacial score (nSPS) is 23.6. The average Bonchev–Trinajstić information content (AvgIpc) is 2.93. The van der Waals surface area contributed by atoms with Gasteiger partial charge in [0, 0.05) is 12.1 Å². The summed E-state index contributed by atoms with van der Waals surface area (Å²) in [6.07, 6.45) is 1.63. The van der Waals surface area contributed by atoms with Gasteiger partial charge in [-0.25, -0.2) is 18.0 Å². The zero-order chi connectivity index (χ0) is 21.3. The summed E-state index contributed by atoms with van der Waals surface area (Å²) < 4.78 is 41.3. The van der Waals surface area contributed by atoms with E-state index in [2.05, 4.69) is 11.9 Å². The molecule has 0 bridgehead atoms. The molecular weight excluding hydrogens is 383 g/mol. The number of nitrogens with one attached hydrogen (secondary N) is 1. The van der Waals surface area contributed by atoms with E-state index in [1.165, 1.54) is 4.90 Å². The Kier molecular flexibility index (Phi) is 6.03. The van der Waals surface area contributed by atoms with Gasteiger partial charge in [-0.3, -0.25) is 14.6 Å². The van der Waals surface area contributed by atoms with Crippen molar-refractivity contribution >= 4 is 11.9 Å². The molecule has 29 heavy (non-hydrogen) atoms. The number of benzene rings is 1. The number of amides is 3. The van der Waals surface area contributed by atoms with E-state index in [4.69, 9.17) is 0 Å². The van der Waals surface area contributed by atoms with E-state index in [1.54, 1.807) is 6.92 Å². The second-order valence-corrected chi connectivity index (χ2v) is 7.98. The van der Waals surface area contributed by atoms with Gasteiger partial charge in [0.1, 0.15) is 11.4 Å². The zero-order valence-electron chi connectivity index (χ0n) is 16.7. The molecule has 0 spiro atoms. The van der Waals surface area contributed by atoms with Crippen molar-refractivity contribution in [2.45, 2.75) is 45.2 Å². The molecule has 1 atom stereocenters. The highest BCUT2D eigenvalue weighted by Gasteiger charge is 2.54. The lowest BCUT2D eigenvalue weighted by molar-refractivity contribution is -0.134. The van der Waals surface area contributed by atoms with Crippen LogP contribution in [0.25, 0.3) is 0 Å². The smallest absolute Gasteiger partial charge is 0.323 e. The minimum Gasteiger partial charge on any atom is -0.323 e. The summed E-state index contributed by atoms with van der Waals surface area (Å²) >= 11 is 0. The highest BCUT2D eigenvalue weighted by atomic mass is 19.2. The van der Waals surface area contributed by atoms with Crippen molar-refractivity contribution in [2.75, 3.05) is 19.6 Å². The molecule has 1 aromatic rings. The number of hydrogen-bond acceptors (Lipinski definition) is 3. The Morgan fingerprint density at radius 1 is 1.21 bits per heavy atom. The summed E-state index contributed by atoms with van der Waals surface area (Å²) in [5, 5.41) is 2.89. The molecule has 3 rings (SSSR count). The third-order valence-electron chi connectivity index (χ3n) is 5.99. The van der Waals surface area contributed by atoms with Gasteiger partial charge in [0.2, 0.25) is 0 Å². The second-order valence-electron chi connectivity index (χ2n) is 7.98. The van der Waals surface area contributed by atoms with Gasteiger partial charge in [0.05, 0.1) is 6.54 Å². The van der Waals surface area contributed by atoms with Crippen LogP contribution in [-0.4, -0.2) is 46.9 Å². The minimum atomic E-state index is -1.16. The number of imide groups is 1. The van der Waals surface area contributed by atoms with Crippen LogP contribution < -0.4 is 5.32 Å². The molecule has 1 N–H and O–H groups in total. The highest BCUT2D eigenvalue weighted by molar-refractivity contribution is 6.07. The Hall–Kier alpha value is -2.35. The predicted octanol–water partition coefficient (Wildman–Crippen LogP) is 3.59. The third-order valence-corrected chi connectivity index (χ3v) is 5.99. The Morgan fingerprint density at radius 3 is 2.41 bits per heavy atom. The summed E-state index contributed by atoms with van der Waals surface area (Å²) in [6.45, 7) is 8.53. The fraction of sp³-hybridized carbons (Fsp3) is 0.524. The molecule has 2 heterocycles. The van der Waals surface area contributed by atoms with Crippen LogP contribution in [0.2, 0.25) is 0 Å². The van der Waals surface area contributed by atoms with E-state index in [-0.39, 0.29) is 30.5 Å². The molecule has 2 aliphatic heterocycles. The summed E-state index contributed by atoms with van der Waals surface area (Å²) in [6, 6.07) is 1.29. The van der Waals surface area contributed by atoms with Gasteiger partial charge >= 0.3 is 6.03 Å². The van der Waals surface area contributed by atoms with Crippen molar-refractivity contribution in [3.05, 3.63) is 47.3 Å². The number of piperidine rings is 1. The number of rotatable bonds is 6. The molecule has 8 heteroatoms. The molecule has 5 nitrogen and oxygen atoms in total. The first-order chi connectivity index (χ1) is 13.7. The summed E-state index contributed by atoms with van der Waals surface area (Å²) in [5.41, 5.74) is -0.533. The maximum Gasteiger partial charge on any atom is 0.325 e. The van der Waals surface area contributed by atoms with Gasteiger partial charge < -0.3 is 5.32 Å². The van der Waals surface area contributed by atoms with Crippen molar-refractivity contribution in [1.29, 1.82) is 0 Å². The molecule has 3 amide bonds. The molecule has 0 unspecified atom stereocenters. The number of urea groups is 1. The predicted molar refractivity (Wildman–Crippen MR) is 102 cm³/mol. The van der Waals surface area contributed by atoms with Gasteiger partial charge in [0.15, 0.2) is 11.6 Å². The van der Waals surface area contributed by atoms with E-state index in [0.717, 1.165) is 17.7 Å². The van der Waals surface area contributed by atoms with Crippen LogP contribution in [0, 0.1) is 23.4 Å². The molecule has 2 fully saturated rings. The van der Waals surface area contributed by atoms with Gasteiger partial charge in [-0.05, 0) is 57.3 Å². The largest absolute Gasteiger partial charge is 0.325 e. The van der Waals surface area contributed by atoms with E-state index in [9.17, 15) is 22.8 Å². The average molecular weight is 409 g/mol. The topological polar surface area (TPSA) is 52.7 Å². The molecule has 0 aliphatic carbocycles. The van der Waals surface area contributed by atoms with Gasteiger partial charge in [-0.1, -0.05) is 19.1 Å². The van der Waals surface area contributed by atoms with Crippen molar-refractivity contribution in [3.63, 3.8) is 0 Å². The first kappa shape index (κ1) is 21.4. The van der Waals surface area contributed by atoms with Crippen molar-refractivity contribution in [2.24, 2.45) is 5.92 Å². The van der Waals surface area contributed by atoms with E-state index >= 15 is 0 Å². The number of carbonyl (C=O) groups is 2. The van der Waals surface area contributed by atoms with Crippen LogP contribution >= 0.6 is 0 Å². The molecule has 0 aromatic heterocycles. The second kappa shape index (κ2) is 8.18. The first-order valence-electron chi connectivity index (χ1n) is 9.82. The maximum absolute atomic E-state index is 14.0. The molecule has 2 saturated heterocycles. The SMILES string of the molecule is C=C(C)CN1C(=O)N[C@](CC)(C2CCN(Cc3c(F)ccc(F)c3F)CC2)C1=O. The minimum absolute atomic E-state index is 0.0383. The first-order valence-corrected chi connectivity index (χ1v) is 9.82. The summed E-state index contributed by atoms with van der Waals surface area (Å²) in [5.74, 6) is -3.33. The monoisotopic (exact) mass is 409 g/mol. The van der Waals surface area contributed by atoms with Crippen LogP contribution in [0.3, 0.4) is 0 Å². The van der Waals surface area contributed by atoms with Crippen LogP contribution in [-0.2, 0) is 11.3 Å². The number of carbonyl (C=O) groups excluding carboxylic acids is 2. The maximum atomic E-state index is 14.0. The Balaban J connectivity index is 1.70.